The summed E-state index contributed by atoms with van der Waals surface area (Å²) in [7, 11) is 0. The van der Waals surface area contributed by atoms with Crippen molar-refractivity contribution in [2.45, 2.75) is 6.42 Å². The Hall–Kier alpha value is -2.82. The van der Waals surface area contributed by atoms with Gasteiger partial charge in [0.2, 0.25) is 0 Å². The summed E-state index contributed by atoms with van der Waals surface area (Å²) in [5.41, 5.74) is -0.162. The molecule has 0 radical (unpaired) electrons. The Bertz CT molecular complexity index is 863. The van der Waals surface area contributed by atoms with E-state index in [0.29, 0.717) is 13.0 Å². The third-order valence-corrected chi connectivity index (χ3v) is 3.94. The molecule has 8 heteroatoms. The summed E-state index contributed by atoms with van der Waals surface area (Å²) in [5, 5.41) is 18.2. The predicted molar refractivity (Wildman–Crippen MR) is 74.3 cm³/mol. The minimum absolute atomic E-state index is 0.0495. The summed E-state index contributed by atoms with van der Waals surface area (Å²) in [4.78, 5) is 16.3. The molecule has 0 aliphatic carbocycles. The molecular weight excluding hydrogens is 311 g/mol. The molecule has 1 aromatic carbocycles. The van der Waals surface area contributed by atoms with Crippen LogP contribution in [0.3, 0.4) is 0 Å². The van der Waals surface area contributed by atoms with Crippen LogP contribution in [0.5, 0.6) is 0 Å². The number of anilines is 1. The SMILES string of the molecule is N#Cc1cnc2c(F)c(F)c(F)cc2c1N1CCC(C(=O)O)C1. The predicted octanol–water partition coefficient (Wildman–Crippen LogP) is 2.43. The lowest BCUT2D eigenvalue weighted by Crippen LogP contribution is -2.24. The maximum atomic E-state index is 13.9. The van der Waals surface area contributed by atoms with Gasteiger partial charge < -0.3 is 10.0 Å². The first-order valence-electron chi connectivity index (χ1n) is 6.78. The van der Waals surface area contributed by atoms with Gasteiger partial charge in [-0.25, -0.2) is 13.2 Å². The van der Waals surface area contributed by atoms with Gasteiger partial charge in [-0.05, 0) is 12.5 Å². The van der Waals surface area contributed by atoms with Gasteiger partial charge in [0.1, 0.15) is 11.6 Å². The summed E-state index contributed by atoms with van der Waals surface area (Å²) < 4.78 is 40.8. The third-order valence-electron chi connectivity index (χ3n) is 3.94. The second-order valence-electron chi connectivity index (χ2n) is 5.28. The summed E-state index contributed by atoms with van der Waals surface area (Å²) in [6, 6.07) is 2.65. The topological polar surface area (TPSA) is 77.2 Å². The third kappa shape index (κ3) is 2.34. The van der Waals surface area contributed by atoms with Crippen molar-refractivity contribution in [1.29, 1.82) is 5.26 Å². The number of carboxylic acid groups (broad SMARTS) is 1. The Morgan fingerprint density at radius 3 is 2.74 bits per heavy atom. The molecule has 1 unspecified atom stereocenters. The van der Waals surface area contributed by atoms with Crippen LogP contribution in [0.4, 0.5) is 18.9 Å². The van der Waals surface area contributed by atoms with E-state index in [1.165, 1.54) is 0 Å². The Morgan fingerprint density at radius 2 is 2.13 bits per heavy atom. The van der Waals surface area contributed by atoms with E-state index in [1.54, 1.807) is 4.90 Å². The molecule has 1 N–H and O–H groups in total. The first-order valence-corrected chi connectivity index (χ1v) is 6.78. The molecule has 1 aromatic heterocycles. The van der Waals surface area contributed by atoms with Crippen molar-refractivity contribution in [2.75, 3.05) is 18.0 Å². The van der Waals surface area contributed by atoms with Crippen molar-refractivity contribution in [3.8, 4) is 6.07 Å². The van der Waals surface area contributed by atoms with Crippen LogP contribution in [0.2, 0.25) is 0 Å². The van der Waals surface area contributed by atoms with Crippen LogP contribution >= 0.6 is 0 Å². The minimum atomic E-state index is -1.63. The monoisotopic (exact) mass is 321 g/mol. The number of hydrogen-bond acceptors (Lipinski definition) is 4. The fraction of sp³-hybridized carbons (Fsp3) is 0.267. The van der Waals surface area contributed by atoms with Crippen molar-refractivity contribution in [2.24, 2.45) is 5.92 Å². The number of nitrogens with zero attached hydrogens (tertiary/aromatic N) is 3. The number of rotatable bonds is 2. The van der Waals surface area contributed by atoms with Gasteiger partial charge in [0.25, 0.3) is 0 Å². The van der Waals surface area contributed by atoms with Crippen LogP contribution in [0.25, 0.3) is 10.9 Å². The Morgan fingerprint density at radius 1 is 1.39 bits per heavy atom. The number of carboxylic acids is 1. The largest absolute Gasteiger partial charge is 0.481 e. The number of fused-ring (bicyclic) bond motifs is 1. The standard InChI is InChI=1S/C15H10F3N3O2/c16-10-3-9-13(12(18)11(10)17)20-5-8(4-19)14(9)21-2-1-7(6-21)15(22)23/h3,5,7H,1-2,6H2,(H,22,23). The van der Waals surface area contributed by atoms with Gasteiger partial charge in [-0.3, -0.25) is 9.78 Å². The highest BCUT2D eigenvalue weighted by Crippen LogP contribution is 2.35. The number of benzene rings is 1. The van der Waals surface area contributed by atoms with Gasteiger partial charge in [-0.1, -0.05) is 0 Å². The Labute approximate surface area is 128 Å². The van der Waals surface area contributed by atoms with E-state index in [9.17, 15) is 23.2 Å². The molecule has 0 saturated carbocycles. The van der Waals surface area contributed by atoms with Crippen molar-refractivity contribution in [3.63, 3.8) is 0 Å². The van der Waals surface area contributed by atoms with Gasteiger partial charge in [-0.2, -0.15) is 5.26 Å². The second kappa shape index (κ2) is 5.43. The molecule has 1 fully saturated rings. The molecule has 1 atom stereocenters. The smallest absolute Gasteiger partial charge is 0.308 e. The summed E-state index contributed by atoms with van der Waals surface area (Å²) in [5.74, 6) is -6.07. The molecule has 118 valence electrons. The molecule has 0 spiro atoms. The van der Waals surface area contributed by atoms with Crippen LogP contribution < -0.4 is 4.90 Å². The fourth-order valence-electron chi connectivity index (χ4n) is 2.81. The lowest BCUT2D eigenvalue weighted by molar-refractivity contribution is -0.140. The second-order valence-corrected chi connectivity index (χ2v) is 5.28. The highest BCUT2D eigenvalue weighted by atomic mass is 19.2. The van der Waals surface area contributed by atoms with E-state index in [4.69, 9.17) is 5.11 Å². The quantitative estimate of drug-likeness (QED) is 0.860. The molecule has 23 heavy (non-hydrogen) atoms. The first kappa shape index (κ1) is 15.1. The highest BCUT2D eigenvalue weighted by Gasteiger charge is 2.31. The van der Waals surface area contributed by atoms with E-state index in [0.717, 1.165) is 12.3 Å². The fourth-order valence-corrected chi connectivity index (χ4v) is 2.81. The summed E-state index contributed by atoms with van der Waals surface area (Å²) in [6.07, 6.45) is 1.42. The highest BCUT2D eigenvalue weighted by molar-refractivity contribution is 5.95. The number of hydrogen-bond donors (Lipinski definition) is 1. The molecular formula is C15H10F3N3O2. The number of carbonyl (C=O) groups is 1. The molecule has 1 aliphatic rings. The summed E-state index contributed by atoms with van der Waals surface area (Å²) in [6.45, 7) is 0.412. The van der Waals surface area contributed by atoms with E-state index < -0.39 is 34.9 Å². The molecule has 0 amide bonds. The van der Waals surface area contributed by atoms with Crippen LogP contribution in [-0.2, 0) is 4.79 Å². The molecule has 5 nitrogen and oxygen atoms in total. The zero-order valence-electron chi connectivity index (χ0n) is 11.7. The van der Waals surface area contributed by atoms with Crippen molar-refractivity contribution >= 4 is 22.6 Å². The van der Waals surface area contributed by atoms with Gasteiger partial charge in [-0.15, -0.1) is 0 Å². The van der Waals surface area contributed by atoms with Crippen molar-refractivity contribution < 1.29 is 23.1 Å². The molecule has 2 heterocycles. The number of aliphatic carboxylic acids is 1. The van der Waals surface area contributed by atoms with E-state index in [2.05, 4.69) is 4.98 Å². The number of pyridine rings is 1. The van der Waals surface area contributed by atoms with Gasteiger partial charge in [0, 0.05) is 24.7 Å². The molecule has 0 bridgehead atoms. The van der Waals surface area contributed by atoms with E-state index in [1.807, 2.05) is 6.07 Å². The zero-order valence-corrected chi connectivity index (χ0v) is 11.7. The lowest BCUT2D eigenvalue weighted by Gasteiger charge is -2.21. The Kier molecular flexibility index (Phi) is 3.56. The Balaban J connectivity index is 2.23. The maximum absolute atomic E-state index is 13.9. The maximum Gasteiger partial charge on any atom is 0.308 e. The molecule has 1 aliphatic heterocycles. The number of halogens is 3. The minimum Gasteiger partial charge on any atom is -0.481 e. The van der Waals surface area contributed by atoms with Crippen LogP contribution in [0.15, 0.2) is 12.3 Å². The average molecular weight is 321 g/mol. The van der Waals surface area contributed by atoms with Crippen LogP contribution in [0.1, 0.15) is 12.0 Å². The lowest BCUT2D eigenvalue weighted by atomic mass is 10.1. The van der Waals surface area contributed by atoms with Gasteiger partial charge >= 0.3 is 5.97 Å². The van der Waals surface area contributed by atoms with Gasteiger partial charge in [0.15, 0.2) is 17.5 Å². The van der Waals surface area contributed by atoms with E-state index in [-0.39, 0.29) is 23.2 Å². The molecule has 3 rings (SSSR count). The van der Waals surface area contributed by atoms with Crippen LogP contribution in [-0.4, -0.2) is 29.1 Å². The normalized spacial score (nSPS) is 17.5. The van der Waals surface area contributed by atoms with Gasteiger partial charge in [0.05, 0.1) is 17.2 Å². The summed E-state index contributed by atoms with van der Waals surface area (Å²) >= 11 is 0. The van der Waals surface area contributed by atoms with E-state index >= 15 is 0 Å². The number of nitriles is 1. The molecule has 2 aromatic rings. The first-order chi connectivity index (χ1) is 10.9. The average Bonchev–Trinajstić information content (AvgIpc) is 3.01. The van der Waals surface area contributed by atoms with Crippen molar-refractivity contribution in [1.82, 2.24) is 4.98 Å². The number of aromatic nitrogens is 1. The van der Waals surface area contributed by atoms with Crippen LogP contribution in [0, 0.1) is 34.7 Å². The zero-order chi connectivity index (χ0) is 16.7. The van der Waals surface area contributed by atoms with Crippen molar-refractivity contribution in [3.05, 3.63) is 35.3 Å². The molecule has 1 saturated heterocycles.